The highest BCUT2D eigenvalue weighted by molar-refractivity contribution is 5.83. The largest absolute Gasteiger partial charge is 0.417 e. The lowest BCUT2D eigenvalue weighted by Crippen LogP contribution is -2.49. The van der Waals surface area contributed by atoms with E-state index in [1.807, 2.05) is 0 Å². The molecular weight excluding hydrogens is 410 g/mol. The Labute approximate surface area is 181 Å². The first kappa shape index (κ1) is 22.5. The zero-order chi connectivity index (χ0) is 22.4. The molecule has 31 heavy (non-hydrogen) atoms. The number of piperidine rings is 1. The van der Waals surface area contributed by atoms with Crippen molar-refractivity contribution < 1.29 is 22.4 Å². The second kappa shape index (κ2) is 8.34. The molecule has 3 heterocycles. The van der Waals surface area contributed by atoms with Gasteiger partial charge in [0.15, 0.2) is 0 Å². The molecule has 1 saturated heterocycles. The van der Waals surface area contributed by atoms with Gasteiger partial charge in [0.2, 0.25) is 5.91 Å². The number of likely N-dealkylation sites (tertiary alicyclic amines) is 1. The number of halogens is 4. The monoisotopic (exact) mass is 441 g/mol. The van der Waals surface area contributed by atoms with Crippen molar-refractivity contribution in [2.45, 2.75) is 77.3 Å². The standard InChI is InChI=1S/C23H31F4N3O/c1-15(2)22(7-5-19(11-22)29-8-3-4-18(24)14-29)21(31)30-9-6-20-16(13-30)10-17(12-28-20)23(25,26)27/h10,12,15,18-19H,3-9,11,13-14H2,1-2H3/t18?,19-,22+/m1/s1. The average molecular weight is 442 g/mol. The van der Waals surface area contributed by atoms with E-state index in [4.69, 9.17) is 0 Å². The number of carbonyl (C=O) groups excluding carboxylic acids is 1. The van der Waals surface area contributed by atoms with Gasteiger partial charge in [-0.25, -0.2) is 4.39 Å². The number of fused-ring (bicyclic) bond motifs is 1. The minimum Gasteiger partial charge on any atom is -0.337 e. The van der Waals surface area contributed by atoms with Crippen LogP contribution in [-0.4, -0.2) is 52.5 Å². The number of nitrogens with zero attached hydrogens (tertiary/aromatic N) is 3. The van der Waals surface area contributed by atoms with Gasteiger partial charge in [-0.15, -0.1) is 0 Å². The highest BCUT2D eigenvalue weighted by atomic mass is 19.4. The summed E-state index contributed by atoms with van der Waals surface area (Å²) in [5.74, 6) is 0.138. The quantitative estimate of drug-likeness (QED) is 0.643. The van der Waals surface area contributed by atoms with Crippen LogP contribution in [0.1, 0.15) is 62.8 Å². The maximum atomic E-state index is 13.9. The van der Waals surface area contributed by atoms with E-state index in [2.05, 4.69) is 23.7 Å². The summed E-state index contributed by atoms with van der Waals surface area (Å²) in [4.78, 5) is 21.7. The van der Waals surface area contributed by atoms with Crippen molar-refractivity contribution >= 4 is 5.91 Å². The van der Waals surface area contributed by atoms with Crippen molar-refractivity contribution in [3.63, 3.8) is 0 Å². The average Bonchev–Trinajstić information content (AvgIpc) is 3.19. The molecule has 1 saturated carbocycles. The Kier molecular flexibility index (Phi) is 6.05. The normalized spacial score (nSPS) is 30.0. The van der Waals surface area contributed by atoms with E-state index in [9.17, 15) is 22.4 Å². The minimum absolute atomic E-state index is 0.0295. The highest BCUT2D eigenvalue weighted by Crippen LogP contribution is 2.48. The SMILES string of the molecule is CC(C)[C@]1(C(=O)N2CCc3ncc(C(F)(F)F)cc3C2)CC[C@@H](N2CCCC(F)C2)C1. The first-order chi connectivity index (χ1) is 14.6. The lowest BCUT2D eigenvalue weighted by Gasteiger charge is -2.40. The number of carbonyl (C=O) groups is 1. The third-order valence-electron chi connectivity index (χ3n) is 7.62. The van der Waals surface area contributed by atoms with Gasteiger partial charge >= 0.3 is 6.18 Å². The van der Waals surface area contributed by atoms with Crippen LogP contribution in [0.25, 0.3) is 0 Å². The third-order valence-corrected chi connectivity index (χ3v) is 7.62. The minimum atomic E-state index is -4.45. The van der Waals surface area contributed by atoms with Gasteiger partial charge in [-0.05, 0) is 56.2 Å². The summed E-state index contributed by atoms with van der Waals surface area (Å²) in [7, 11) is 0. The number of aromatic nitrogens is 1. The summed E-state index contributed by atoms with van der Waals surface area (Å²) in [6, 6.07) is 1.33. The van der Waals surface area contributed by atoms with Crippen molar-refractivity contribution in [3.05, 3.63) is 29.1 Å². The molecule has 4 nitrogen and oxygen atoms in total. The van der Waals surface area contributed by atoms with Crippen molar-refractivity contribution in [3.8, 4) is 0 Å². The Morgan fingerprint density at radius 3 is 2.71 bits per heavy atom. The summed E-state index contributed by atoms with van der Waals surface area (Å²) in [5.41, 5.74) is -0.187. The number of hydrogen-bond acceptors (Lipinski definition) is 3. The summed E-state index contributed by atoms with van der Waals surface area (Å²) < 4.78 is 53.3. The van der Waals surface area contributed by atoms with Gasteiger partial charge in [-0.2, -0.15) is 13.2 Å². The maximum Gasteiger partial charge on any atom is 0.417 e. The molecule has 0 bridgehead atoms. The molecule has 0 N–H and O–H groups in total. The van der Waals surface area contributed by atoms with Gasteiger partial charge in [0, 0.05) is 44.0 Å². The van der Waals surface area contributed by atoms with Crippen LogP contribution in [0.5, 0.6) is 0 Å². The van der Waals surface area contributed by atoms with Crippen LogP contribution in [0.15, 0.2) is 12.3 Å². The highest BCUT2D eigenvalue weighted by Gasteiger charge is 2.51. The predicted octanol–water partition coefficient (Wildman–Crippen LogP) is 4.61. The van der Waals surface area contributed by atoms with Gasteiger partial charge in [-0.1, -0.05) is 13.8 Å². The zero-order valence-electron chi connectivity index (χ0n) is 18.2. The van der Waals surface area contributed by atoms with Crippen LogP contribution in [0.3, 0.4) is 0 Å². The van der Waals surface area contributed by atoms with Gasteiger partial charge in [0.05, 0.1) is 11.0 Å². The molecule has 2 aliphatic heterocycles. The topological polar surface area (TPSA) is 36.4 Å². The van der Waals surface area contributed by atoms with Crippen LogP contribution >= 0.6 is 0 Å². The van der Waals surface area contributed by atoms with Crippen molar-refractivity contribution in [2.24, 2.45) is 11.3 Å². The number of hydrogen-bond donors (Lipinski definition) is 0. The fourth-order valence-electron chi connectivity index (χ4n) is 5.68. The number of pyridine rings is 1. The second-order valence-electron chi connectivity index (χ2n) is 9.75. The fraction of sp³-hybridized carbons (Fsp3) is 0.739. The van der Waals surface area contributed by atoms with Crippen LogP contribution in [-0.2, 0) is 23.9 Å². The van der Waals surface area contributed by atoms with Crippen LogP contribution in [0, 0.1) is 11.3 Å². The van der Waals surface area contributed by atoms with Gasteiger partial charge in [0.1, 0.15) is 6.17 Å². The number of rotatable bonds is 3. The molecule has 4 rings (SSSR count). The van der Waals surface area contributed by atoms with E-state index < -0.39 is 23.3 Å². The van der Waals surface area contributed by atoms with E-state index in [1.54, 1.807) is 4.90 Å². The Bertz CT molecular complexity index is 828. The summed E-state index contributed by atoms with van der Waals surface area (Å²) in [5, 5.41) is 0. The molecule has 0 spiro atoms. The van der Waals surface area contributed by atoms with Crippen molar-refractivity contribution in [1.29, 1.82) is 0 Å². The lowest BCUT2D eigenvalue weighted by atomic mass is 9.73. The summed E-state index contributed by atoms with van der Waals surface area (Å²) in [6.07, 6.45) is -0.151. The molecule has 0 aromatic carbocycles. The van der Waals surface area contributed by atoms with Crippen LogP contribution < -0.4 is 0 Å². The first-order valence-electron chi connectivity index (χ1n) is 11.3. The Morgan fingerprint density at radius 1 is 1.26 bits per heavy atom. The molecule has 2 fully saturated rings. The van der Waals surface area contributed by atoms with E-state index in [0.29, 0.717) is 43.6 Å². The van der Waals surface area contributed by atoms with Crippen molar-refractivity contribution in [2.75, 3.05) is 19.6 Å². The lowest BCUT2D eigenvalue weighted by molar-refractivity contribution is -0.146. The first-order valence-corrected chi connectivity index (χ1v) is 11.3. The van der Waals surface area contributed by atoms with Gasteiger partial charge in [0.25, 0.3) is 0 Å². The van der Waals surface area contributed by atoms with E-state index in [0.717, 1.165) is 38.1 Å². The molecule has 1 amide bonds. The number of alkyl halides is 4. The molecule has 172 valence electrons. The van der Waals surface area contributed by atoms with E-state index in [1.165, 1.54) is 0 Å². The second-order valence-corrected chi connectivity index (χ2v) is 9.75. The summed E-state index contributed by atoms with van der Waals surface area (Å²) >= 11 is 0. The fourth-order valence-corrected chi connectivity index (χ4v) is 5.68. The zero-order valence-corrected chi connectivity index (χ0v) is 18.2. The summed E-state index contributed by atoms with van der Waals surface area (Å²) in [6.45, 7) is 6.05. The molecule has 3 aliphatic rings. The van der Waals surface area contributed by atoms with E-state index >= 15 is 0 Å². The molecule has 3 atom stereocenters. The third kappa shape index (κ3) is 4.32. The van der Waals surface area contributed by atoms with E-state index in [-0.39, 0.29) is 24.4 Å². The predicted molar refractivity (Wildman–Crippen MR) is 109 cm³/mol. The van der Waals surface area contributed by atoms with Gasteiger partial charge in [-0.3, -0.25) is 14.7 Å². The van der Waals surface area contributed by atoms with Crippen molar-refractivity contribution in [1.82, 2.24) is 14.8 Å². The Balaban J connectivity index is 1.52. The molecule has 1 unspecified atom stereocenters. The molecule has 1 aliphatic carbocycles. The molecular formula is C23H31F4N3O. The van der Waals surface area contributed by atoms with Crippen LogP contribution in [0.2, 0.25) is 0 Å². The Hall–Kier alpha value is -1.70. The molecule has 1 aromatic heterocycles. The van der Waals surface area contributed by atoms with Gasteiger partial charge < -0.3 is 4.90 Å². The molecule has 0 radical (unpaired) electrons. The molecule has 1 aromatic rings. The molecule has 8 heteroatoms. The smallest absolute Gasteiger partial charge is 0.337 e. The number of amides is 1. The maximum absolute atomic E-state index is 13.9. The Morgan fingerprint density at radius 2 is 2.03 bits per heavy atom. The van der Waals surface area contributed by atoms with Crippen LogP contribution in [0.4, 0.5) is 17.6 Å².